The standard InChI is InChI=1S/C12H7F2NO6/c13-12(14)20-6-3-1-2-5(4-6)9-15-7(10(16)17)8(21-9)11(18)19/h1-4,12H,(H,16,17)(H,18,19). The van der Waals surface area contributed by atoms with Crippen molar-refractivity contribution < 1.29 is 37.7 Å². The molecule has 0 saturated carbocycles. The first-order valence-corrected chi connectivity index (χ1v) is 5.41. The number of benzene rings is 1. The Kier molecular flexibility index (Phi) is 3.83. The molecule has 1 heterocycles. The predicted octanol–water partition coefficient (Wildman–Crippen LogP) is 2.34. The number of rotatable bonds is 5. The summed E-state index contributed by atoms with van der Waals surface area (Å²) in [6.07, 6.45) is 0. The predicted molar refractivity (Wildman–Crippen MR) is 62.5 cm³/mol. The smallest absolute Gasteiger partial charge is 0.387 e. The summed E-state index contributed by atoms with van der Waals surface area (Å²) in [7, 11) is 0. The molecule has 1 aromatic heterocycles. The lowest BCUT2D eigenvalue weighted by Gasteiger charge is -2.04. The van der Waals surface area contributed by atoms with Gasteiger partial charge in [-0.3, -0.25) is 0 Å². The molecule has 0 saturated heterocycles. The average molecular weight is 299 g/mol. The topological polar surface area (TPSA) is 110 Å². The fraction of sp³-hybridized carbons (Fsp3) is 0.0833. The van der Waals surface area contributed by atoms with Gasteiger partial charge in [0, 0.05) is 5.56 Å². The number of nitrogens with zero attached hydrogens (tertiary/aromatic N) is 1. The number of hydrogen-bond acceptors (Lipinski definition) is 5. The van der Waals surface area contributed by atoms with Gasteiger partial charge in [-0.15, -0.1) is 0 Å². The van der Waals surface area contributed by atoms with E-state index < -0.39 is 30.0 Å². The van der Waals surface area contributed by atoms with Gasteiger partial charge in [-0.1, -0.05) is 6.07 Å². The quantitative estimate of drug-likeness (QED) is 0.871. The summed E-state index contributed by atoms with van der Waals surface area (Å²) >= 11 is 0. The van der Waals surface area contributed by atoms with Crippen molar-refractivity contribution in [2.45, 2.75) is 6.61 Å². The van der Waals surface area contributed by atoms with Gasteiger partial charge in [0.05, 0.1) is 0 Å². The average Bonchev–Trinajstić information content (AvgIpc) is 2.83. The van der Waals surface area contributed by atoms with Crippen molar-refractivity contribution in [3.63, 3.8) is 0 Å². The van der Waals surface area contributed by atoms with E-state index in [2.05, 4.69) is 9.72 Å². The highest BCUT2D eigenvalue weighted by Gasteiger charge is 2.25. The molecule has 0 spiro atoms. The van der Waals surface area contributed by atoms with Crippen LogP contribution in [0, 0.1) is 0 Å². The molecule has 0 aliphatic heterocycles. The summed E-state index contributed by atoms with van der Waals surface area (Å²) in [5, 5.41) is 17.7. The summed E-state index contributed by atoms with van der Waals surface area (Å²) in [5.74, 6) is -4.56. The van der Waals surface area contributed by atoms with E-state index in [1.807, 2.05) is 0 Å². The lowest BCUT2D eigenvalue weighted by atomic mass is 10.2. The lowest BCUT2D eigenvalue weighted by molar-refractivity contribution is -0.0498. The normalized spacial score (nSPS) is 10.6. The van der Waals surface area contributed by atoms with Crippen molar-refractivity contribution in [1.82, 2.24) is 4.98 Å². The zero-order valence-electron chi connectivity index (χ0n) is 10.1. The maximum absolute atomic E-state index is 12.1. The Bertz CT molecular complexity index is 665. The van der Waals surface area contributed by atoms with Crippen molar-refractivity contribution >= 4 is 11.9 Å². The zero-order valence-corrected chi connectivity index (χ0v) is 10.1. The molecule has 110 valence electrons. The summed E-state index contributed by atoms with van der Waals surface area (Å²) in [5.41, 5.74) is -0.680. The number of ether oxygens (including phenoxy) is 1. The molecule has 0 aliphatic rings. The molecule has 9 heteroatoms. The Morgan fingerprint density at radius 2 is 1.95 bits per heavy atom. The molecule has 0 radical (unpaired) electrons. The number of carboxylic acid groups (broad SMARTS) is 2. The van der Waals surface area contributed by atoms with Crippen LogP contribution in [0.15, 0.2) is 28.7 Å². The first-order chi connectivity index (χ1) is 9.88. The van der Waals surface area contributed by atoms with E-state index in [9.17, 15) is 18.4 Å². The number of aromatic nitrogens is 1. The van der Waals surface area contributed by atoms with E-state index in [1.54, 1.807) is 0 Å². The fourth-order valence-electron chi connectivity index (χ4n) is 1.54. The molecule has 21 heavy (non-hydrogen) atoms. The maximum Gasteiger partial charge on any atom is 0.387 e. The number of hydrogen-bond donors (Lipinski definition) is 2. The molecule has 2 aromatic rings. The minimum Gasteiger partial charge on any atom is -0.476 e. The molecule has 0 unspecified atom stereocenters. The van der Waals surface area contributed by atoms with Crippen LogP contribution >= 0.6 is 0 Å². The van der Waals surface area contributed by atoms with E-state index in [1.165, 1.54) is 18.2 Å². The molecule has 0 bridgehead atoms. The van der Waals surface area contributed by atoms with Gasteiger partial charge in [0.2, 0.25) is 17.3 Å². The first kappa shape index (κ1) is 14.4. The van der Waals surface area contributed by atoms with Crippen molar-refractivity contribution in [3.8, 4) is 17.2 Å². The summed E-state index contributed by atoms with van der Waals surface area (Å²) in [4.78, 5) is 25.3. The Labute approximate surface area is 115 Å². The van der Waals surface area contributed by atoms with Crippen molar-refractivity contribution in [2.75, 3.05) is 0 Å². The highest BCUT2D eigenvalue weighted by atomic mass is 19.3. The number of aromatic carboxylic acids is 2. The van der Waals surface area contributed by atoms with Crippen LogP contribution in [0.4, 0.5) is 8.78 Å². The highest BCUT2D eigenvalue weighted by molar-refractivity contribution is 5.98. The van der Waals surface area contributed by atoms with Crippen molar-refractivity contribution in [1.29, 1.82) is 0 Å². The SMILES string of the molecule is O=C(O)c1nc(-c2cccc(OC(F)F)c2)oc1C(=O)O. The van der Waals surface area contributed by atoms with Gasteiger partial charge in [-0.25, -0.2) is 14.6 Å². The Balaban J connectivity index is 2.45. The number of carbonyl (C=O) groups is 2. The number of alkyl halides is 2. The summed E-state index contributed by atoms with van der Waals surface area (Å²) < 4.78 is 33.3. The van der Waals surface area contributed by atoms with Crippen LogP contribution in [-0.4, -0.2) is 33.7 Å². The van der Waals surface area contributed by atoms with E-state index >= 15 is 0 Å². The van der Waals surface area contributed by atoms with E-state index in [0.717, 1.165) is 6.07 Å². The van der Waals surface area contributed by atoms with Crippen LogP contribution in [0.5, 0.6) is 5.75 Å². The van der Waals surface area contributed by atoms with Crippen LogP contribution in [0.25, 0.3) is 11.5 Å². The van der Waals surface area contributed by atoms with Crippen LogP contribution < -0.4 is 4.74 Å². The third-order valence-electron chi connectivity index (χ3n) is 2.33. The number of carboxylic acids is 2. The summed E-state index contributed by atoms with van der Waals surface area (Å²) in [6, 6.07) is 5.09. The van der Waals surface area contributed by atoms with Gasteiger partial charge in [0.25, 0.3) is 0 Å². The Morgan fingerprint density at radius 1 is 1.24 bits per heavy atom. The van der Waals surface area contributed by atoms with Gasteiger partial charge in [-0.2, -0.15) is 8.78 Å². The molecule has 1 aromatic carbocycles. The van der Waals surface area contributed by atoms with Crippen molar-refractivity contribution in [2.24, 2.45) is 0 Å². The Morgan fingerprint density at radius 3 is 2.48 bits per heavy atom. The van der Waals surface area contributed by atoms with Gasteiger partial charge in [0.1, 0.15) is 5.75 Å². The van der Waals surface area contributed by atoms with Crippen LogP contribution in [0.2, 0.25) is 0 Å². The van der Waals surface area contributed by atoms with Crippen LogP contribution in [0.3, 0.4) is 0 Å². The first-order valence-electron chi connectivity index (χ1n) is 5.41. The van der Waals surface area contributed by atoms with Crippen LogP contribution in [-0.2, 0) is 0 Å². The third-order valence-corrected chi connectivity index (χ3v) is 2.33. The van der Waals surface area contributed by atoms with Crippen molar-refractivity contribution in [3.05, 3.63) is 35.7 Å². The molecule has 7 nitrogen and oxygen atoms in total. The molecule has 2 N–H and O–H groups in total. The number of halogens is 2. The van der Waals surface area contributed by atoms with E-state index in [0.29, 0.717) is 0 Å². The van der Waals surface area contributed by atoms with Gasteiger partial charge in [-0.05, 0) is 18.2 Å². The minimum absolute atomic E-state index is 0.100. The maximum atomic E-state index is 12.1. The molecule has 0 aliphatic carbocycles. The Hall–Kier alpha value is -2.97. The molecule has 0 fully saturated rings. The largest absolute Gasteiger partial charge is 0.476 e. The minimum atomic E-state index is -3.03. The van der Waals surface area contributed by atoms with E-state index in [-0.39, 0.29) is 17.2 Å². The molecule has 0 amide bonds. The van der Waals surface area contributed by atoms with Gasteiger partial charge < -0.3 is 19.4 Å². The lowest BCUT2D eigenvalue weighted by Crippen LogP contribution is -2.05. The highest BCUT2D eigenvalue weighted by Crippen LogP contribution is 2.26. The monoisotopic (exact) mass is 299 g/mol. The van der Waals surface area contributed by atoms with Crippen LogP contribution in [0.1, 0.15) is 21.0 Å². The van der Waals surface area contributed by atoms with Gasteiger partial charge >= 0.3 is 18.6 Å². The molecule has 0 atom stereocenters. The molecule has 2 rings (SSSR count). The van der Waals surface area contributed by atoms with Gasteiger partial charge in [0.15, 0.2) is 0 Å². The zero-order chi connectivity index (χ0) is 15.6. The third kappa shape index (κ3) is 3.14. The second-order valence-electron chi connectivity index (χ2n) is 3.71. The second kappa shape index (κ2) is 5.57. The second-order valence-corrected chi connectivity index (χ2v) is 3.71. The number of oxazole rings is 1. The fourth-order valence-corrected chi connectivity index (χ4v) is 1.54. The summed E-state index contributed by atoms with van der Waals surface area (Å²) in [6.45, 7) is -3.03. The van der Waals surface area contributed by atoms with E-state index in [4.69, 9.17) is 14.6 Å². The molecular formula is C12H7F2NO6. The molecular weight excluding hydrogens is 292 g/mol.